The van der Waals surface area contributed by atoms with Gasteiger partial charge in [-0.25, -0.2) is 4.79 Å². The largest absolute Gasteiger partial charge is 0.444 e. The third-order valence-corrected chi connectivity index (χ3v) is 3.80. The molecule has 4 nitrogen and oxygen atoms in total. The Hall–Kier alpha value is -1.84. The molecule has 0 aliphatic carbocycles. The molecule has 1 aromatic rings. The van der Waals surface area contributed by atoms with Crippen LogP contribution in [-0.4, -0.2) is 35.5 Å². The van der Waals surface area contributed by atoms with Crippen LogP contribution in [0.2, 0.25) is 0 Å². The fourth-order valence-electron chi connectivity index (χ4n) is 2.64. The van der Waals surface area contributed by atoms with Crippen LogP contribution in [0.4, 0.5) is 4.79 Å². The Balaban J connectivity index is 1.91. The Morgan fingerprint density at radius 2 is 1.95 bits per heavy atom. The number of carbonyl (C=O) groups excluding carboxylic acids is 2. The highest BCUT2D eigenvalue weighted by Crippen LogP contribution is 2.21. The summed E-state index contributed by atoms with van der Waals surface area (Å²) in [6.45, 7) is 6.50. The fourth-order valence-corrected chi connectivity index (χ4v) is 2.64. The highest BCUT2D eigenvalue weighted by atomic mass is 16.6. The zero-order valence-electron chi connectivity index (χ0n) is 13.7. The van der Waals surface area contributed by atoms with Crippen molar-refractivity contribution in [1.82, 2.24) is 4.90 Å². The van der Waals surface area contributed by atoms with Crippen LogP contribution in [0.3, 0.4) is 0 Å². The summed E-state index contributed by atoms with van der Waals surface area (Å²) in [5, 5.41) is 0. The van der Waals surface area contributed by atoms with E-state index in [9.17, 15) is 9.59 Å². The zero-order chi connectivity index (χ0) is 16.2. The number of ketones is 1. The van der Waals surface area contributed by atoms with Crippen LogP contribution in [0.25, 0.3) is 0 Å². The van der Waals surface area contributed by atoms with Gasteiger partial charge in [0.05, 0.1) is 0 Å². The van der Waals surface area contributed by atoms with Gasteiger partial charge in [0.1, 0.15) is 11.4 Å². The average Bonchev–Trinajstić information content (AvgIpc) is 2.45. The highest BCUT2D eigenvalue weighted by Gasteiger charge is 2.31. The van der Waals surface area contributed by atoms with E-state index in [2.05, 4.69) is 12.1 Å². The fraction of sp³-hybridized carbons (Fsp3) is 0.556. The number of aryl methyl sites for hydroxylation is 1. The van der Waals surface area contributed by atoms with Crippen molar-refractivity contribution in [2.75, 3.05) is 13.1 Å². The molecule has 0 bridgehead atoms. The number of carbonyl (C=O) groups is 2. The summed E-state index contributed by atoms with van der Waals surface area (Å²) < 4.78 is 5.40. The molecule has 1 saturated heterocycles. The molecular weight excluding hydrogens is 278 g/mol. The van der Waals surface area contributed by atoms with Crippen molar-refractivity contribution in [1.29, 1.82) is 0 Å². The maximum atomic E-state index is 12.1. The predicted octanol–water partition coefficient (Wildman–Crippen LogP) is 3.45. The molecule has 1 heterocycles. The molecule has 0 aromatic heterocycles. The van der Waals surface area contributed by atoms with Gasteiger partial charge in [0.15, 0.2) is 0 Å². The van der Waals surface area contributed by atoms with Crippen molar-refractivity contribution in [3.63, 3.8) is 0 Å². The number of likely N-dealkylation sites (tertiary alicyclic amines) is 1. The van der Waals surface area contributed by atoms with Gasteiger partial charge < -0.3 is 9.64 Å². The van der Waals surface area contributed by atoms with E-state index in [4.69, 9.17) is 4.74 Å². The van der Waals surface area contributed by atoms with E-state index in [1.165, 1.54) is 5.56 Å². The minimum absolute atomic E-state index is 0.0820. The molecule has 2 rings (SSSR count). The smallest absolute Gasteiger partial charge is 0.410 e. The van der Waals surface area contributed by atoms with Crippen LogP contribution in [0.1, 0.15) is 39.2 Å². The van der Waals surface area contributed by atoms with E-state index >= 15 is 0 Å². The summed E-state index contributed by atoms with van der Waals surface area (Å²) in [4.78, 5) is 25.9. The molecule has 1 atom stereocenters. The van der Waals surface area contributed by atoms with Crippen LogP contribution in [-0.2, 0) is 16.0 Å². The number of Topliss-reactive ketones (excluding diaryl/α,β-unsaturated/α-hetero) is 1. The quantitative estimate of drug-likeness (QED) is 0.859. The lowest BCUT2D eigenvalue weighted by Gasteiger charge is -2.33. The standard InChI is InChI=1S/C18H25NO3/c1-18(2,3)22-17(21)19-12-11-16(20)15(13-19)10-9-14-7-5-4-6-8-14/h4-8,15H,9-13H2,1-3H3. The number of ether oxygens (including phenoxy) is 1. The van der Waals surface area contributed by atoms with E-state index in [1.807, 2.05) is 39.0 Å². The van der Waals surface area contributed by atoms with Crippen molar-refractivity contribution in [3.8, 4) is 0 Å². The van der Waals surface area contributed by atoms with Crippen molar-refractivity contribution >= 4 is 11.9 Å². The van der Waals surface area contributed by atoms with Gasteiger partial charge in [-0.15, -0.1) is 0 Å². The zero-order valence-corrected chi connectivity index (χ0v) is 13.7. The van der Waals surface area contributed by atoms with Gasteiger partial charge in [0.25, 0.3) is 0 Å². The molecule has 1 unspecified atom stereocenters. The third kappa shape index (κ3) is 4.86. The van der Waals surface area contributed by atoms with Crippen molar-refractivity contribution in [2.24, 2.45) is 5.92 Å². The molecule has 0 spiro atoms. The Morgan fingerprint density at radius 3 is 2.59 bits per heavy atom. The van der Waals surface area contributed by atoms with Crippen LogP contribution in [0, 0.1) is 5.92 Å². The van der Waals surface area contributed by atoms with Crippen molar-refractivity contribution in [3.05, 3.63) is 35.9 Å². The van der Waals surface area contributed by atoms with E-state index in [-0.39, 0.29) is 17.8 Å². The summed E-state index contributed by atoms with van der Waals surface area (Å²) in [5.41, 5.74) is 0.725. The van der Waals surface area contributed by atoms with E-state index in [0.717, 1.165) is 12.8 Å². The third-order valence-electron chi connectivity index (χ3n) is 3.80. The number of hydrogen-bond donors (Lipinski definition) is 0. The first-order valence-electron chi connectivity index (χ1n) is 7.90. The molecular formula is C18H25NO3. The Bertz CT molecular complexity index is 519. The summed E-state index contributed by atoms with van der Waals surface area (Å²) in [6.07, 6.45) is 1.75. The molecule has 1 fully saturated rings. The number of nitrogens with zero attached hydrogens (tertiary/aromatic N) is 1. The summed E-state index contributed by atoms with van der Waals surface area (Å²) >= 11 is 0. The van der Waals surface area contributed by atoms with Gasteiger partial charge in [0.2, 0.25) is 0 Å². The van der Waals surface area contributed by atoms with Gasteiger partial charge >= 0.3 is 6.09 Å². The van der Waals surface area contributed by atoms with Crippen LogP contribution in [0.5, 0.6) is 0 Å². The molecule has 4 heteroatoms. The van der Waals surface area contributed by atoms with Crippen molar-refractivity contribution in [2.45, 2.75) is 45.6 Å². The average molecular weight is 303 g/mol. The minimum Gasteiger partial charge on any atom is -0.444 e. The first kappa shape index (κ1) is 16.5. The number of piperidine rings is 1. The van der Waals surface area contributed by atoms with Crippen molar-refractivity contribution < 1.29 is 14.3 Å². The van der Waals surface area contributed by atoms with Crippen LogP contribution < -0.4 is 0 Å². The molecule has 1 aromatic carbocycles. The Labute approximate surface area is 132 Å². The Morgan fingerprint density at radius 1 is 1.27 bits per heavy atom. The molecule has 0 saturated carbocycles. The lowest BCUT2D eigenvalue weighted by Crippen LogP contribution is -2.46. The Kier molecular flexibility index (Phi) is 5.22. The molecule has 120 valence electrons. The number of rotatable bonds is 3. The normalized spacial score (nSPS) is 19.1. The molecule has 1 aliphatic heterocycles. The molecule has 0 N–H and O–H groups in total. The van der Waals surface area contributed by atoms with E-state index in [0.29, 0.717) is 19.5 Å². The lowest BCUT2D eigenvalue weighted by molar-refractivity contribution is -0.126. The second kappa shape index (κ2) is 6.95. The lowest BCUT2D eigenvalue weighted by atomic mass is 9.90. The van der Waals surface area contributed by atoms with Gasteiger partial charge in [-0.3, -0.25) is 4.79 Å². The predicted molar refractivity (Wildman–Crippen MR) is 85.7 cm³/mol. The first-order chi connectivity index (χ1) is 10.3. The van der Waals surface area contributed by atoms with Crippen LogP contribution in [0.15, 0.2) is 30.3 Å². The summed E-state index contributed by atoms with van der Waals surface area (Å²) in [7, 11) is 0. The molecule has 1 amide bonds. The van der Waals surface area contributed by atoms with Gasteiger partial charge in [-0.05, 0) is 39.2 Å². The summed E-state index contributed by atoms with van der Waals surface area (Å²) in [6, 6.07) is 10.1. The summed E-state index contributed by atoms with van der Waals surface area (Å²) in [5.74, 6) is 0.178. The number of benzene rings is 1. The van der Waals surface area contributed by atoms with E-state index in [1.54, 1.807) is 4.90 Å². The van der Waals surface area contributed by atoms with Gasteiger partial charge in [0, 0.05) is 25.4 Å². The highest BCUT2D eigenvalue weighted by molar-refractivity contribution is 5.84. The second-order valence-electron chi connectivity index (χ2n) is 6.86. The topological polar surface area (TPSA) is 46.6 Å². The molecule has 22 heavy (non-hydrogen) atoms. The van der Waals surface area contributed by atoms with Crippen LogP contribution >= 0.6 is 0 Å². The molecule has 0 radical (unpaired) electrons. The van der Waals surface area contributed by atoms with E-state index < -0.39 is 5.60 Å². The SMILES string of the molecule is CC(C)(C)OC(=O)N1CCC(=O)C(CCc2ccccc2)C1. The number of hydrogen-bond acceptors (Lipinski definition) is 3. The number of amides is 1. The first-order valence-corrected chi connectivity index (χ1v) is 7.90. The van der Waals surface area contributed by atoms with Gasteiger partial charge in [-0.2, -0.15) is 0 Å². The minimum atomic E-state index is -0.502. The monoisotopic (exact) mass is 303 g/mol. The molecule has 1 aliphatic rings. The van der Waals surface area contributed by atoms with Gasteiger partial charge in [-0.1, -0.05) is 30.3 Å². The maximum absolute atomic E-state index is 12.1. The second-order valence-corrected chi connectivity index (χ2v) is 6.86. The maximum Gasteiger partial charge on any atom is 0.410 e.